The first-order chi connectivity index (χ1) is 8.54. The van der Waals surface area contributed by atoms with Crippen LogP contribution in [0.25, 0.3) is 11.3 Å². The van der Waals surface area contributed by atoms with Gasteiger partial charge in [0.15, 0.2) is 0 Å². The Hall–Kier alpha value is -1.84. The molecule has 2 N–H and O–H groups in total. The topological polar surface area (TPSA) is 43.8 Å². The van der Waals surface area contributed by atoms with Crippen molar-refractivity contribution in [3.05, 3.63) is 35.1 Å². The molecular weight excluding hydrogens is 229 g/mol. The van der Waals surface area contributed by atoms with Crippen LogP contribution >= 0.6 is 0 Å². The van der Waals surface area contributed by atoms with Gasteiger partial charge in [0.1, 0.15) is 11.6 Å². The monoisotopic (exact) mass is 247 g/mol. The molecule has 0 saturated heterocycles. The number of rotatable bonds is 3. The highest BCUT2D eigenvalue weighted by Gasteiger charge is 2.15. The van der Waals surface area contributed by atoms with Crippen LogP contribution in [0.2, 0.25) is 0 Å². The van der Waals surface area contributed by atoms with E-state index in [0.717, 1.165) is 29.7 Å². The van der Waals surface area contributed by atoms with Gasteiger partial charge in [0, 0.05) is 18.2 Å². The van der Waals surface area contributed by atoms with Crippen molar-refractivity contribution in [3.63, 3.8) is 0 Å². The van der Waals surface area contributed by atoms with Crippen molar-refractivity contribution >= 4 is 5.82 Å². The molecule has 0 saturated carbocycles. The maximum atomic E-state index is 13.6. The molecule has 2 rings (SSSR count). The molecule has 0 radical (unpaired) electrons. The Labute approximate surface area is 106 Å². The highest BCUT2D eigenvalue weighted by atomic mass is 19.1. The summed E-state index contributed by atoms with van der Waals surface area (Å²) in [6.45, 7) is 3.84. The molecule has 0 aliphatic heterocycles. The summed E-state index contributed by atoms with van der Waals surface area (Å²) in [4.78, 5) is 0. The molecule has 1 aromatic heterocycles. The summed E-state index contributed by atoms with van der Waals surface area (Å²) in [5.41, 5.74) is 9.22. The molecule has 4 heteroatoms. The van der Waals surface area contributed by atoms with Gasteiger partial charge in [0.2, 0.25) is 0 Å². The molecule has 0 fully saturated rings. The Bertz CT molecular complexity index is 573. The van der Waals surface area contributed by atoms with Crippen LogP contribution in [0.1, 0.15) is 24.5 Å². The van der Waals surface area contributed by atoms with Crippen molar-refractivity contribution in [2.45, 2.75) is 26.7 Å². The molecule has 0 bridgehead atoms. The molecule has 1 heterocycles. The summed E-state index contributed by atoms with van der Waals surface area (Å²) in [5, 5.41) is 4.39. The molecule has 0 aliphatic carbocycles. The van der Waals surface area contributed by atoms with Gasteiger partial charge >= 0.3 is 0 Å². The van der Waals surface area contributed by atoms with E-state index in [-0.39, 0.29) is 5.82 Å². The summed E-state index contributed by atoms with van der Waals surface area (Å²) in [5.74, 6) is 0.451. The van der Waals surface area contributed by atoms with Gasteiger partial charge < -0.3 is 5.73 Å². The summed E-state index contributed by atoms with van der Waals surface area (Å²) >= 11 is 0. The van der Waals surface area contributed by atoms with Crippen LogP contribution in [0.5, 0.6) is 0 Å². The van der Waals surface area contributed by atoms with Gasteiger partial charge in [-0.15, -0.1) is 0 Å². The maximum Gasteiger partial charge on any atom is 0.126 e. The molecular formula is C14H18FN3. The average Bonchev–Trinajstić information content (AvgIpc) is 2.61. The zero-order valence-corrected chi connectivity index (χ0v) is 11.0. The first kappa shape index (κ1) is 12.6. The van der Waals surface area contributed by atoms with Gasteiger partial charge in [0.25, 0.3) is 0 Å². The molecule has 2 aromatic rings. The second-order valence-electron chi connectivity index (χ2n) is 4.55. The van der Waals surface area contributed by atoms with Crippen LogP contribution in [-0.4, -0.2) is 9.78 Å². The van der Waals surface area contributed by atoms with Crippen LogP contribution in [0, 0.1) is 12.7 Å². The van der Waals surface area contributed by atoms with Crippen molar-refractivity contribution in [1.82, 2.24) is 9.78 Å². The van der Waals surface area contributed by atoms with E-state index in [1.54, 1.807) is 17.7 Å². The lowest BCUT2D eigenvalue weighted by Gasteiger charge is -2.03. The quantitative estimate of drug-likeness (QED) is 0.905. The lowest BCUT2D eigenvalue weighted by Crippen LogP contribution is -1.99. The van der Waals surface area contributed by atoms with E-state index in [1.165, 1.54) is 6.07 Å². The molecule has 18 heavy (non-hydrogen) atoms. The second-order valence-corrected chi connectivity index (χ2v) is 4.55. The standard InChI is InChI=1S/C14H18FN3/c1-4-5-11-13(17-18(3)14(11)16)10-7-6-9(2)12(15)8-10/h6-8H,4-5,16H2,1-3H3. The van der Waals surface area contributed by atoms with Crippen LogP contribution in [0.4, 0.5) is 10.2 Å². The summed E-state index contributed by atoms with van der Waals surface area (Å²) < 4.78 is 15.3. The predicted octanol–water partition coefficient (Wildman–Crippen LogP) is 3.07. The molecule has 0 aliphatic rings. The normalized spacial score (nSPS) is 10.9. The number of hydrogen-bond donors (Lipinski definition) is 1. The number of nitrogen functional groups attached to an aromatic ring is 1. The van der Waals surface area contributed by atoms with E-state index < -0.39 is 0 Å². The van der Waals surface area contributed by atoms with Crippen molar-refractivity contribution in [2.24, 2.45) is 7.05 Å². The zero-order chi connectivity index (χ0) is 13.3. The second kappa shape index (κ2) is 4.80. The Kier molecular flexibility index (Phi) is 3.36. The Morgan fingerprint density at radius 1 is 1.39 bits per heavy atom. The Morgan fingerprint density at radius 2 is 2.11 bits per heavy atom. The summed E-state index contributed by atoms with van der Waals surface area (Å²) in [6, 6.07) is 5.18. The van der Waals surface area contributed by atoms with E-state index in [0.29, 0.717) is 11.4 Å². The fourth-order valence-corrected chi connectivity index (χ4v) is 2.05. The van der Waals surface area contributed by atoms with Crippen LogP contribution < -0.4 is 5.73 Å². The summed E-state index contributed by atoms with van der Waals surface area (Å²) in [6.07, 6.45) is 1.84. The van der Waals surface area contributed by atoms with E-state index in [4.69, 9.17) is 5.73 Å². The number of benzene rings is 1. The van der Waals surface area contributed by atoms with Crippen molar-refractivity contribution in [3.8, 4) is 11.3 Å². The first-order valence-corrected chi connectivity index (χ1v) is 6.12. The number of halogens is 1. The predicted molar refractivity (Wildman–Crippen MR) is 71.7 cm³/mol. The fraction of sp³-hybridized carbons (Fsp3) is 0.357. The van der Waals surface area contributed by atoms with Gasteiger partial charge in [-0.25, -0.2) is 4.39 Å². The molecule has 0 atom stereocenters. The van der Waals surface area contributed by atoms with Gasteiger partial charge in [-0.2, -0.15) is 5.10 Å². The lowest BCUT2D eigenvalue weighted by molar-refractivity contribution is 0.619. The molecule has 3 nitrogen and oxygen atoms in total. The van der Waals surface area contributed by atoms with E-state index in [1.807, 2.05) is 13.1 Å². The van der Waals surface area contributed by atoms with Crippen LogP contribution in [0.15, 0.2) is 18.2 Å². The largest absolute Gasteiger partial charge is 0.384 e. The Morgan fingerprint density at radius 3 is 2.72 bits per heavy atom. The third kappa shape index (κ3) is 2.10. The highest BCUT2D eigenvalue weighted by Crippen LogP contribution is 2.28. The van der Waals surface area contributed by atoms with Crippen LogP contribution in [-0.2, 0) is 13.5 Å². The first-order valence-electron chi connectivity index (χ1n) is 6.12. The van der Waals surface area contributed by atoms with Gasteiger partial charge in [-0.1, -0.05) is 25.5 Å². The van der Waals surface area contributed by atoms with E-state index in [9.17, 15) is 4.39 Å². The maximum absolute atomic E-state index is 13.6. The minimum Gasteiger partial charge on any atom is -0.384 e. The molecule has 0 spiro atoms. The van der Waals surface area contributed by atoms with E-state index in [2.05, 4.69) is 12.0 Å². The number of nitrogens with two attached hydrogens (primary N) is 1. The molecule has 1 aromatic carbocycles. The SMILES string of the molecule is CCCc1c(-c2ccc(C)c(F)c2)nn(C)c1N. The van der Waals surface area contributed by atoms with Gasteiger partial charge in [-0.3, -0.25) is 4.68 Å². The smallest absolute Gasteiger partial charge is 0.126 e. The average molecular weight is 247 g/mol. The Balaban J connectivity index is 2.55. The number of anilines is 1. The van der Waals surface area contributed by atoms with E-state index >= 15 is 0 Å². The number of aryl methyl sites for hydroxylation is 2. The minimum atomic E-state index is -0.209. The van der Waals surface area contributed by atoms with Crippen molar-refractivity contribution in [2.75, 3.05) is 5.73 Å². The van der Waals surface area contributed by atoms with Crippen molar-refractivity contribution in [1.29, 1.82) is 0 Å². The third-order valence-electron chi connectivity index (χ3n) is 3.14. The molecule has 96 valence electrons. The number of nitrogens with zero attached hydrogens (tertiary/aromatic N) is 2. The van der Waals surface area contributed by atoms with Gasteiger partial charge in [0.05, 0.1) is 5.69 Å². The van der Waals surface area contributed by atoms with Crippen molar-refractivity contribution < 1.29 is 4.39 Å². The third-order valence-corrected chi connectivity index (χ3v) is 3.14. The van der Waals surface area contributed by atoms with Crippen LogP contribution in [0.3, 0.4) is 0 Å². The number of hydrogen-bond acceptors (Lipinski definition) is 2. The molecule has 0 unspecified atom stereocenters. The fourth-order valence-electron chi connectivity index (χ4n) is 2.05. The summed E-state index contributed by atoms with van der Waals surface area (Å²) in [7, 11) is 1.81. The van der Waals surface area contributed by atoms with Gasteiger partial charge in [-0.05, 0) is 25.0 Å². The number of aromatic nitrogens is 2. The lowest BCUT2D eigenvalue weighted by atomic mass is 10.0. The zero-order valence-electron chi connectivity index (χ0n) is 11.0. The molecule has 0 amide bonds. The minimum absolute atomic E-state index is 0.209. The highest BCUT2D eigenvalue weighted by molar-refractivity contribution is 5.68.